The zero-order valence-electron chi connectivity index (χ0n) is 12.0. The van der Waals surface area contributed by atoms with E-state index in [9.17, 15) is 9.59 Å². The van der Waals surface area contributed by atoms with Crippen molar-refractivity contribution in [2.45, 2.75) is 39.3 Å². The van der Waals surface area contributed by atoms with E-state index in [-0.39, 0.29) is 18.7 Å². The quantitative estimate of drug-likeness (QED) is 0.792. The van der Waals surface area contributed by atoms with E-state index in [0.29, 0.717) is 13.1 Å². The van der Waals surface area contributed by atoms with Crippen molar-refractivity contribution >= 4 is 11.9 Å². The van der Waals surface area contributed by atoms with Gasteiger partial charge in [0.2, 0.25) is 5.91 Å². The third kappa shape index (κ3) is 5.01. The van der Waals surface area contributed by atoms with E-state index in [2.05, 4.69) is 0 Å². The SMILES string of the molecule is CCN(Cc1cccc(C)c1)C(=O)C(N)CCC(=O)O. The van der Waals surface area contributed by atoms with Gasteiger partial charge in [-0.15, -0.1) is 0 Å². The monoisotopic (exact) mass is 278 g/mol. The van der Waals surface area contributed by atoms with E-state index < -0.39 is 12.0 Å². The Labute approximate surface area is 119 Å². The Morgan fingerprint density at radius 1 is 1.40 bits per heavy atom. The summed E-state index contributed by atoms with van der Waals surface area (Å²) in [5, 5.41) is 8.63. The van der Waals surface area contributed by atoms with Gasteiger partial charge in [0, 0.05) is 19.5 Å². The third-order valence-corrected chi connectivity index (χ3v) is 3.14. The maximum absolute atomic E-state index is 12.2. The predicted molar refractivity (Wildman–Crippen MR) is 77.1 cm³/mol. The predicted octanol–water partition coefficient (Wildman–Crippen LogP) is 1.54. The van der Waals surface area contributed by atoms with Crippen LogP contribution in [0.3, 0.4) is 0 Å². The molecule has 5 heteroatoms. The van der Waals surface area contributed by atoms with Crippen molar-refractivity contribution < 1.29 is 14.7 Å². The number of rotatable bonds is 7. The summed E-state index contributed by atoms with van der Waals surface area (Å²) in [6.07, 6.45) is 0.0768. The Hall–Kier alpha value is -1.88. The topological polar surface area (TPSA) is 83.6 Å². The number of aryl methyl sites for hydroxylation is 1. The van der Waals surface area contributed by atoms with E-state index >= 15 is 0 Å². The van der Waals surface area contributed by atoms with E-state index in [0.717, 1.165) is 11.1 Å². The number of amides is 1. The summed E-state index contributed by atoms with van der Waals surface area (Å²) in [4.78, 5) is 24.4. The average molecular weight is 278 g/mol. The molecule has 3 N–H and O–H groups in total. The van der Waals surface area contributed by atoms with Crippen LogP contribution < -0.4 is 5.73 Å². The molecule has 0 radical (unpaired) electrons. The smallest absolute Gasteiger partial charge is 0.303 e. The standard InChI is InChI=1S/C15H22N2O3/c1-3-17(10-12-6-4-5-11(2)9-12)15(20)13(16)7-8-14(18)19/h4-6,9,13H,3,7-8,10,16H2,1-2H3,(H,18,19). The lowest BCUT2D eigenvalue weighted by Crippen LogP contribution is -2.43. The number of carboxylic acids is 1. The molecule has 1 aromatic rings. The van der Waals surface area contributed by atoms with Crippen LogP contribution in [0.25, 0.3) is 0 Å². The van der Waals surface area contributed by atoms with Crippen molar-refractivity contribution in [2.75, 3.05) is 6.54 Å². The zero-order chi connectivity index (χ0) is 15.1. The molecule has 0 aliphatic carbocycles. The first-order valence-electron chi connectivity index (χ1n) is 6.75. The number of carbonyl (C=O) groups excluding carboxylic acids is 1. The molecule has 20 heavy (non-hydrogen) atoms. The van der Waals surface area contributed by atoms with Crippen LogP contribution in [-0.4, -0.2) is 34.5 Å². The van der Waals surface area contributed by atoms with Crippen LogP contribution in [0.5, 0.6) is 0 Å². The second-order valence-corrected chi connectivity index (χ2v) is 4.88. The molecule has 0 aliphatic rings. The van der Waals surface area contributed by atoms with Crippen LogP contribution in [0.1, 0.15) is 30.9 Å². The maximum Gasteiger partial charge on any atom is 0.303 e. The Bertz CT molecular complexity index is 474. The lowest BCUT2D eigenvalue weighted by Gasteiger charge is -2.24. The number of likely N-dealkylation sites (N-methyl/N-ethyl adjacent to an activating group) is 1. The van der Waals surface area contributed by atoms with Crippen LogP contribution in [0.4, 0.5) is 0 Å². The highest BCUT2D eigenvalue weighted by atomic mass is 16.4. The molecule has 0 heterocycles. The molecule has 1 atom stereocenters. The van der Waals surface area contributed by atoms with Crippen molar-refractivity contribution in [1.82, 2.24) is 4.90 Å². The van der Waals surface area contributed by atoms with Gasteiger partial charge in [0.1, 0.15) is 0 Å². The molecule has 0 bridgehead atoms. The molecule has 110 valence electrons. The Kier molecular flexibility index (Phi) is 6.18. The number of hydrogen-bond acceptors (Lipinski definition) is 3. The first-order chi connectivity index (χ1) is 9.43. The lowest BCUT2D eigenvalue weighted by molar-refractivity contribution is -0.137. The van der Waals surface area contributed by atoms with Crippen LogP contribution in [0.2, 0.25) is 0 Å². The summed E-state index contributed by atoms with van der Waals surface area (Å²) in [5.41, 5.74) is 7.96. The van der Waals surface area contributed by atoms with Gasteiger partial charge >= 0.3 is 5.97 Å². The molecule has 1 rings (SSSR count). The zero-order valence-corrected chi connectivity index (χ0v) is 12.0. The second kappa shape index (κ2) is 7.65. The first-order valence-corrected chi connectivity index (χ1v) is 6.75. The van der Waals surface area contributed by atoms with E-state index in [4.69, 9.17) is 10.8 Å². The van der Waals surface area contributed by atoms with Crippen LogP contribution in [0.15, 0.2) is 24.3 Å². The minimum Gasteiger partial charge on any atom is -0.481 e. The molecule has 1 unspecified atom stereocenters. The van der Waals surface area contributed by atoms with Crippen molar-refractivity contribution in [1.29, 1.82) is 0 Å². The number of benzene rings is 1. The summed E-state index contributed by atoms with van der Waals surface area (Å²) in [5.74, 6) is -1.13. The first kappa shape index (κ1) is 16.2. The molecule has 0 saturated carbocycles. The molecule has 0 saturated heterocycles. The van der Waals surface area contributed by atoms with E-state index in [1.165, 1.54) is 0 Å². The fourth-order valence-electron chi connectivity index (χ4n) is 2.01. The molecule has 0 aromatic heterocycles. The number of carbonyl (C=O) groups is 2. The van der Waals surface area contributed by atoms with Crippen molar-refractivity contribution in [2.24, 2.45) is 5.73 Å². The van der Waals surface area contributed by atoms with Crippen molar-refractivity contribution in [3.8, 4) is 0 Å². The highest BCUT2D eigenvalue weighted by molar-refractivity contribution is 5.82. The summed E-state index contributed by atoms with van der Waals surface area (Å²) in [6, 6.07) is 7.19. The van der Waals surface area contributed by atoms with Gasteiger partial charge in [0.15, 0.2) is 0 Å². The van der Waals surface area contributed by atoms with Gasteiger partial charge in [0.25, 0.3) is 0 Å². The minimum atomic E-state index is -0.935. The van der Waals surface area contributed by atoms with E-state index in [1.807, 2.05) is 38.1 Å². The molecule has 5 nitrogen and oxygen atoms in total. The summed E-state index contributed by atoms with van der Waals surface area (Å²) < 4.78 is 0. The van der Waals surface area contributed by atoms with Gasteiger partial charge in [-0.3, -0.25) is 9.59 Å². The van der Waals surface area contributed by atoms with Gasteiger partial charge in [0.05, 0.1) is 6.04 Å². The number of nitrogens with zero attached hydrogens (tertiary/aromatic N) is 1. The third-order valence-electron chi connectivity index (χ3n) is 3.14. The molecule has 1 aromatic carbocycles. The minimum absolute atomic E-state index is 0.0884. The van der Waals surface area contributed by atoms with Crippen LogP contribution in [-0.2, 0) is 16.1 Å². The van der Waals surface area contributed by atoms with Gasteiger partial charge < -0.3 is 15.7 Å². The molecular weight excluding hydrogens is 256 g/mol. The van der Waals surface area contributed by atoms with Crippen molar-refractivity contribution in [3.63, 3.8) is 0 Å². The van der Waals surface area contributed by atoms with Crippen molar-refractivity contribution in [3.05, 3.63) is 35.4 Å². The molecule has 0 fully saturated rings. The fraction of sp³-hybridized carbons (Fsp3) is 0.467. The molecule has 0 spiro atoms. The Morgan fingerprint density at radius 2 is 2.10 bits per heavy atom. The van der Waals surface area contributed by atoms with E-state index in [1.54, 1.807) is 4.90 Å². The normalized spacial score (nSPS) is 11.9. The van der Waals surface area contributed by atoms with Crippen LogP contribution in [0, 0.1) is 6.92 Å². The summed E-state index contributed by atoms with van der Waals surface area (Å²) >= 11 is 0. The summed E-state index contributed by atoms with van der Waals surface area (Å²) in [7, 11) is 0. The average Bonchev–Trinajstić information content (AvgIpc) is 2.41. The molecule has 1 amide bonds. The lowest BCUT2D eigenvalue weighted by atomic mass is 10.1. The summed E-state index contributed by atoms with van der Waals surface area (Å²) in [6.45, 7) is 4.93. The van der Waals surface area contributed by atoms with Gasteiger partial charge in [-0.2, -0.15) is 0 Å². The highest BCUT2D eigenvalue weighted by Gasteiger charge is 2.20. The van der Waals surface area contributed by atoms with Gasteiger partial charge in [-0.25, -0.2) is 0 Å². The Morgan fingerprint density at radius 3 is 2.65 bits per heavy atom. The largest absolute Gasteiger partial charge is 0.481 e. The fourth-order valence-corrected chi connectivity index (χ4v) is 2.01. The highest BCUT2D eigenvalue weighted by Crippen LogP contribution is 2.09. The van der Waals surface area contributed by atoms with Gasteiger partial charge in [-0.1, -0.05) is 29.8 Å². The second-order valence-electron chi connectivity index (χ2n) is 4.88. The molecule has 0 aliphatic heterocycles. The number of nitrogens with two attached hydrogens (primary N) is 1. The maximum atomic E-state index is 12.2. The van der Waals surface area contributed by atoms with Gasteiger partial charge in [-0.05, 0) is 25.8 Å². The van der Waals surface area contributed by atoms with Crippen LogP contribution >= 0.6 is 0 Å². The molecular formula is C15H22N2O3. The number of hydrogen-bond donors (Lipinski definition) is 2. The number of aliphatic carboxylic acids is 1. The number of carboxylic acid groups (broad SMARTS) is 1. The Balaban J connectivity index is 2.65.